The van der Waals surface area contributed by atoms with E-state index in [1.807, 2.05) is 59.3 Å². The Morgan fingerprint density at radius 3 is 1.04 bits per heavy atom. The summed E-state index contributed by atoms with van der Waals surface area (Å²) in [5, 5.41) is 11.4. The summed E-state index contributed by atoms with van der Waals surface area (Å²) in [4.78, 5) is 25.7. The van der Waals surface area contributed by atoms with Crippen LogP contribution in [-0.2, 0) is 13.0 Å². The predicted octanol–water partition coefficient (Wildman–Crippen LogP) is 9.99. The van der Waals surface area contributed by atoms with Gasteiger partial charge in [-0.3, -0.25) is 9.59 Å². The maximum absolute atomic E-state index is 15.4. The Kier molecular flexibility index (Phi) is 14.7. The first kappa shape index (κ1) is 53.6. The van der Waals surface area contributed by atoms with E-state index in [4.69, 9.17) is 0 Å². The maximum atomic E-state index is 15.4. The Hall–Kier alpha value is -8.25. The van der Waals surface area contributed by atoms with E-state index in [1.54, 1.807) is 24.3 Å². The van der Waals surface area contributed by atoms with Gasteiger partial charge in [0.1, 0.15) is 58.4 Å². The molecule has 74 heavy (non-hydrogen) atoms. The highest BCUT2D eigenvalue weighted by Gasteiger charge is 2.52. The Morgan fingerprint density at radius 1 is 0.365 bits per heavy atom. The second kappa shape index (κ2) is 20.3. The molecule has 0 saturated heterocycles. The number of aromatic nitrogens is 1. The van der Waals surface area contributed by atoms with Gasteiger partial charge in [-0.1, -0.05) is 48.5 Å². The molecule has 1 N–H and O–H groups in total. The first-order valence-electron chi connectivity index (χ1n) is 20.4. The van der Waals surface area contributed by atoms with Gasteiger partial charge in [0.15, 0.2) is 87.5 Å². The van der Waals surface area contributed by atoms with E-state index in [0.29, 0.717) is 11.1 Å². The number of carbonyl (C=O) groups excluding carboxylic acids is 2. The molecule has 1 heterocycles. The molecule has 0 saturated carbocycles. The number of carbonyl (C=O) groups is 2. The van der Waals surface area contributed by atoms with Crippen molar-refractivity contribution in [1.82, 2.24) is 0 Å². The molecule has 8 rings (SSSR count). The lowest BCUT2D eigenvalue weighted by Gasteiger charge is -2.44. The van der Waals surface area contributed by atoms with Crippen LogP contribution in [0.25, 0.3) is 10.8 Å². The van der Waals surface area contributed by atoms with Crippen LogP contribution in [0.4, 0.5) is 87.8 Å². The van der Waals surface area contributed by atoms with Gasteiger partial charge in [0.2, 0.25) is 12.3 Å². The van der Waals surface area contributed by atoms with Crippen molar-refractivity contribution < 1.29 is 107 Å². The zero-order valence-corrected chi connectivity index (χ0v) is 35.9. The number of hydrogen-bond donors (Lipinski definition) is 1. The highest BCUT2D eigenvalue weighted by atomic mass is 19.2. The van der Waals surface area contributed by atoms with Gasteiger partial charge >= 0.3 is 0 Å². The molecular weight excluding hydrogens is 1040 g/mol. The average Bonchev–Trinajstić information content (AvgIpc) is 3.39. The number of hydrogen-bond acceptors (Lipinski definition) is 3. The largest absolute Gasteiger partial charge is 0.508 e. The second-order valence-corrected chi connectivity index (χ2v) is 15.7. The van der Waals surface area contributed by atoms with Crippen molar-refractivity contribution in [1.29, 1.82) is 0 Å². The zero-order chi connectivity index (χ0) is 54.6. The van der Waals surface area contributed by atoms with Crippen LogP contribution in [0.3, 0.4) is 0 Å². The third kappa shape index (κ3) is 8.71. The third-order valence-electron chi connectivity index (χ3n) is 11.7. The number of phenols is 1. The lowest BCUT2D eigenvalue weighted by Crippen LogP contribution is -2.81. The normalized spacial score (nSPS) is 11.5. The third-order valence-corrected chi connectivity index (χ3v) is 11.7. The number of nitrogens with zero attached hydrogens (tertiary/aromatic N) is 1. The van der Waals surface area contributed by atoms with Crippen molar-refractivity contribution in [3.05, 3.63) is 224 Å². The van der Waals surface area contributed by atoms with Crippen molar-refractivity contribution in [3.8, 4) is 5.75 Å². The minimum atomic E-state index is -7.22. The summed E-state index contributed by atoms with van der Waals surface area (Å²) in [5.74, 6) is -71.4. The fourth-order valence-corrected chi connectivity index (χ4v) is 8.31. The Bertz CT molecular complexity index is 3240. The Balaban J connectivity index is 0.000000237. The molecule has 0 atom stereocenters. The molecule has 1 aromatic heterocycles. The lowest BCUT2D eigenvalue weighted by molar-refractivity contribution is -0.688. The smallest absolute Gasteiger partial charge is 0.227 e. The lowest BCUT2D eigenvalue weighted by atomic mass is 9.12. The second-order valence-electron chi connectivity index (χ2n) is 15.7. The predicted molar refractivity (Wildman–Crippen MR) is 220 cm³/mol. The fraction of sp³-hybridized carbons (Fsp3) is 0.0408. The minimum absolute atomic E-state index is 0.00999. The van der Waals surface area contributed by atoms with E-state index < -0.39 is 144 Å². The summed E-state index contributed by atoms with van der Waals surface area (Å²) < 4.78 is 296. The van der Waals surface area contributed by atoms with Gasteiger partial charge in [-0.25, -0.2) is 87.8 Å². The Morgan fingerprint density at radius 2 is 0.676 bits per heavy atom. The van der Waals surface area contributed by atoms with Crippen LogP contribution >= 0.6 is 0 Å². The molecule has 25 heteroatoms. The van der Waals surface area contributed by atoms with Crippen LogP contribution < -0.4 is 26.4 Å². The van der Waals surface area contributed by atoms with Gasteiger partial charge in [-0.2, -0.15) is 4.57 Å². The summed E-state index contributed by atoms with van der Waals surface area (Å²) in [6, 6.07) is 25.2. The van der Waals surface area contributed by atoms with Gasteiger partial charge in [0.25, 0.3) is 0 Å². The molecule has 4 nitrogen and oxygen atoms in total. The topological polar surface area (TPSA) is 58.2 Å². The van der Waals surface area contributed by atoms with E-state index in [0.717, 1.165) is 16.5 Å². The highest BCUT2D eigenvalue weighted by molar-refractivity contribution is 7.20. The summed E-state index contributed by atoms with van der Waals surface area (Å²) in [6.07, 6.45) is -5.19. The molecule has 0 amide bonds. The van der Waals surface area contributed by atoms with Gasteiger partial charge in [0, 0.05) is 22.6 Å². The minimum Gasteiger partial charge on any atom is -0.508 e. The summed E-state index contributed by atoms with van der Waals surface area (Å²) in [7, 11) is 0. The Labute approximate surface area is 399 Å². The first-order valence-corrected chi connectivity index (χ1v) is 20.4. The molecule has 0 aliphatic heterocycles. The van der Waals surface area contributed by atoms with E-state index in [-0.39, 0.29) is 30.3 Å². The highest BCUT2D eigenvalue weighted by Crippen LogP contribution is 2.31. The molecular formula is C49H20BF20NO3. The van der Waals surface area contributed by atoms with Crippen LogP contribution in [0.15, 0.2) is 91.1 Å². The summed E-state index contributed by atoms with van der Waals surface area (Å²) >= 11 is 0. The number of ketones is 2. The van der Waals surface area contributed by atoms with Crippen molar-refractivity contribution >= 4 is 50.3 Å². The molecule has 0 bridgehead atoms. The van der Waals surface area contributed by atoms with Gasteiger partial charge < -0.3 is 5.11 Å². The molecule has 382 valence electrons. The SMILES string of the molecule is Fc1c(F)c(F)c([B-](c2c(F)c(F)c(F)c(F)c2F)(c2c(F)c(F)c(F)c(F)c2F)c2c(F)c(F)c(F)c(F)c2F)c(F)c1F.O=C(Cc1c2ccccc2cc[n+]1CC(=O)c1ccccc1)c1ccc(O)cc1. The summed E-state index contributed by atoms with van der Waals surface area (Å²) in [5.41, 5.74) is -12.4. The summed E-state index contributed by atoms with van der Waals surface area (Å²) in [6.45, 7) is 0.160. The molecule has 0 spiro atoms. The van der Waals surface area contributed by atoms with E-state index >= 15 is 35.1 Å². The maximum Gasteiger partial charge on any atom is 0.227 e. The van der Waals surface area contributed by atoms with Crippen LogP contribution in [-0.4, -0.2) is 22.8 Å². The van der Waals surface area contributed by atoms with Gasteiger partial charge in [0.05, 0.1) is 6.42 Å². The van der Waals surface area contributed by atoms with Crippen molar-refractivity contribution in [2.75, 3.05) is 0 Å². The van der Waals surface area contributed by atoms with Crippen molar-refractivity contribution in [2.24, 2.45) is 0 Å². The van der Waals surface area contributed by atoms with Crippen LogP contribution in [0, 0.1) is 116 Å². The molecule has 7 aromatic carbocycles. The number of halogens is 20. The number of aromatic hydroxyl groups is 1. The monoisotopic (exact) mass is 1060 g/mol. The standard InChI is InChI=1S/C25H19NO3.C24BF20/c27-21-12-10-20(11-13-21)24(28)16-23-22-9-5-4-6-18(22)14-15-26(23)17-25(29)19-7-2-1-3-8-19;26-5-1(6(27)14(35)21(42)13(5)34)25(2-7(28)15(36)22(43)16(37)8(2)29,3-9(30)17(38)23(44)18(39)10(3)31)4-11(32)19(40)24(45)20(41)12(4)33/h1-15H,16-17H2;/q;-1/p+1. The van der Waals surface area contributed by atoms with Crippen LogP contribution in [0.5, 0.6) is 5.75 Å². The van der Waals surface area contributed by atoms with Crippen LogP contribution in [0.2, 0.25) is 0 Å². The zero-order valence-electron chi connectivity index (χ0n) is 35.9. The molecule has 0 aliphatic carbocycles. The van der Waals surface area contributed by atoms with Crippen LogP contribution in [0.1, 0.15) is 26.4 Å². The fourth-order valence-electron chi connectivity index (χ4n) is 8.31. The first-order chi connectivity index (χ1) is 34.8. The molecule has 8 aromatic rings. The van der Waals surface area contributed by atoms with Gasteiger partial charge in [-0.05, 0) is 35.7 Å². The molecule has 0 fully saturated rings. The van der Waals surface area contributed by atoms with Crippen molar-refractivity contribution in [2.45, 2.75) is 13.0 Å². The van der Waals surface area contributed by atoms with E-state index in [1.165, 1.54) is 12.1 Å². The molecule has 0 radical (unpaired) electrons. The average molecular weight is 1060 g/mol. The number of fused-ring (bicyclic) bond motifs is 1. The van der Waals surface area contributed by atoms with Gasteiger partial charge in [-0.15, -0.1) is 21.9 Å². The molecule has 0 unspecified atom stereocenters. The number of Topliss-reactive ketones (excluding diaryl/α,β-unsaturated/α-hetero) is 2. The van der Waals surface area contributed by atoms with Crippen molar-refractivity contribution in [3.63, 3.8) is 0 Å². The quantitative estimate of drug-likeness (QED) is 0.0371. The molecule has 0 aliphatic rings. The van der Waals surface area contributed by atoms with E-state index in [9.17, 15) is 67.4 Å². The van der Waals surface area contributed by atoms with E-state index in [2.05, 4.69) is 0 Å². The number of pyridine rings is 1. The number of phenolic OH excluding ortho intramolecular Hbond substituents is 1. The number of benzene rings is 7. The number of rotatable bonds is 10.